The highest BCUT2D eigenvalue weighted by atomic mass is 35.5. The lowest BCUT2D eigenvalue weighted by Gasteiger charge is -2.40. The van der Waals surface area contributed by atoms with Crippen molar-refractivity contribution in [2.24, 2.45) is 5.92 Å². The van der Waals surface area contributed by atoms with Crippen LogP contribution >= 0.6 is 11.6 Å². The normalized spacial score (nSPS) is 18.0. The summed E-state index contributed by atoms with van der Waals surface area (Å²) >= 11 is 5.88. The molecule has 1 heterocycles. The maximum Gasteiger partial charge on any atom is 0.264 e. The third kappa shape index (κ3) is 5.05. The van der Waals surface area contributed by atoms with E-state index in [-0.39, 0.29) is 17.4 Å². The summed E-state index contributed by atoms with van der Waals surface area (Å²) in [5.41, 5.74) is -0.441. The predicted molar refractivity (Wildman–Crippen MR) is 118 cm³/mol. The molecule has 0 radical (unpaired) electrons. The van der Waals surface area contributed by atoms with Crippen molar-refractivity contribution in [2.75, 3.05) is 17.4 Å². The Labute approximate surface area is 191 Å². The Morgan fingerprint density at radius 2 is 1.84 bits per heavy atom. The minimum atomic E-state index is -4.33. The fourth-order valence-corrected chi connectivity index (χ4v) is 5.51. The fraction of sp³-hybridized carbons (Fsp3) is 0.409. The molecule has 2 aromatic carbocycles. The van der Waals surface area contributed by atoms with Gasteiger partial charge in [-0.2, -0.15) is 0 Å². The predicted octanol–water partition coefficient (Wildman–Crippen LogP) is 3.82. The van der Waals surface area contributed by atoms with Crippen molar-refractivity contribution < 1.29 is 27.1 Å². The van der Waals surface area contributed by atoms with Gasteiger partial charge in [0.05, 0.1) is 16.6 Å². The standard InChI is InChI=1S/C22H25ClF2N2O4S/c1-14(2)21(28)22(29)26-11-3-4-17(13-26)27(20-12-16(24)7-10-19(20)25)32(30,31)18-8-5-15(23)6-9-18/h5-10,12,14,17,21,28H,3-4,11,13H2,1-2H3. The summed E-state index contributed by atoms with van der Waals surface area (Å²) in [4.78, 5) is 13.9. The lowest BCUT2D eigenvalue weighted by atomic mass is 10.0. The Morgan fingerprint density at radius 3 is 2.47 bits per heavy atom. The average molecular weight is 487 g/mol. The maximum atomic E-state index is 14.8. The van der Waals surface area contributed by atoms with Crippen LogP contribution in [0.5, 0.6) is 0 Å². The van der Waals surface area contributed by atoms with E-state index in [4.69, 9.17) is 11.6 Å². The molecule has 1 aliphatic heterocycles. The van der Waals surface area contributed by atoms with Gasteiger partial charge in [-0.15, -0.1) is 0 Å². The smallest absolute Gasteiger partial charge is 0.264 e. The number of likely N-dealkylation sites (tertiary alicyclic amines) is 1. The Morgan fingerprint density at radius 1 is 1.19 bits per heavy atom. The van der Waals surface area contributed by atoms with Gasteiger partial charge in [0.2, 0.25) is 0 Å². The van der Waals surface area contributed by atoms with Gasteiger partial charge >= 0.3 is 0 Å². The zero-order valence-electron chi connectivity index (χ0n) is 17.7. The second kappa shape index (κ2) is 9.72. The molecule has 0 spiro atoms. The fourth-order valence-electron chi connectivity index (χ4n) is 3.72. The van der Waals surface area contributed by atoms with Crippen LogP contribution in [0.3, 0.4) is 0 Å². The summed E-state index contributed by atoms with van der Waals surface area (Å²) in [5.74, 6) is -2.54. The molecule has 2 atom stereocenters. The Bertz CT molecular complexity index is 1080. The van der Waals surface area contributed by atoms with Gasteiger partial charge in [-0.1, -0.05) is 25.4 Å². The molecule has 1 N–H and O–H groups in total. The first kappa shape index (κ1) is 24.4. The zero-order valence-corrected chi connectivity index (χ0v) is 19.3. The molecule has 0 aliphatic carbocycles. The van der Waals surface area contributed by atoms with Crippen LogP contribution in [0.2, 0.25) is 5.02 Å². The van der Waals surface area contributed by atoms with Gasteiger partial charge in [0.1, 0.15) is 17.7 Å². The number of halogens is 3. The number of rotatable bonds is 6. The minimum absolute atomic E-state index is 0.0641. The zero-order chi connectivity index (χ0) is 23.6. The quantitative estimate of drug-likeness (QED) is 0.673. The molecule has 10 heteroatoms. The van der Waals surface area contributed by atoms with Gasteiger partial charge < -0.3 is 10.0 Å². The Kier molecular flexibility index (Phi) is 7.42. The van der Waals surface area contributed by atoms with Gasteiger partial charge in [-0.25, -0.2) is 17.2 Å². The van der Waals surface area contributed by atoms with Crippen molar-refractivity contribution in [3.63, 3.8) is 0 Å². The maximum absolute atomic E-state index is 14.8. The van der Waals surface area contributed by atoms with Gasteiger partial charge in [-0.05, 0) is 55.2 Å². The van der Waals surface area contributed by atoms with Crippen LogP contribution in [0.4, 0.5) is 14.5 Å². The van der Waals surface area contributed by atoms with E-state index in [0.717, 1.165) is 22.5 Å². The molecule has 0 saturated carbocycles. The first-order chi connectivity index (χ1) is 15.0. The third-order valence-electron chi connectivity index (χ3n) is 5.44. The molecule has 2 unspecified atom stereocenters. The van der Waals surface area contributed by atoms with E-state index < -0.39 is 45.4 Å². The minimum Gasteiger partial charge on any atom is -0.383 e. The Balaban J connectivity index is 2.06. The lowest BCUT2D eigenvalue weighted by molar-refractivity contribution is -0.143. The molecule has 1 saturated heterocycles. The number of hydrogen-bond donors (Lipinski definition) is 1. The lowest BCUT2D eigenvalue weighted by Crippen LogP contribution is -2.54. The molecule has 1 fully saturated rings. The number of amides is 1. The van der Waals surface area contributed by atoms with E-state index in [1.165, 1.54) is 29.2 Å². The number of sulfonamides is 1. The summed E-state index contributed by atoms with van der Waals surface area (Å²) in [7, 11) is -4.33. The number of aliphatic hydroxyl groups excluding tert-OH is 1. The summed E-state index contributed by atoms with van der Waals surface area (Å²) in [6.07, 6.45) is -0.476. The van der Waals surface area contributed by atoms with Gasteiger partial charge in [0, 0.05) is 24.2 Å². The average Bonchev–Trinajstić information content (AvgIpc) is 2.75. The molecular formula is C22H25ClF2N2O4S. The van der Waals surface area contributed by atoms with Crippen LogP contribution in [-0.2, 0) is 14.8 Å². The van der Waals surface area contributed by atoms with Gasteiger partial charge in [0.25, 0.3) is 15.9 Å². The highest BCUT2D eigenvalue weighted by Crippen LogP contribution is 2.33. The van der Waals surface area contributed by atoms with E-state index >= 15 is 0 Å². The molecule has 0 aromatic heterocycles. The van der Waals surface area contributed by atoms with Crippen LogP contribution in [-0.4, -0.2) is 49.6 Å². The van der Waals surface area contributed by atoms with Crippen LogP contribution in [0, 0.1) is 17.6 Å². The second-order valence-electron chi connectivity index (χ2n) is 8.12. The molecule has 1 aliphatic rings. The highest BCUT2D eigenvalue weighted by molar-refractivity contribution is 7.92. The second-order valence-corrected chi connectivity index (χ2v) is 10.4. The van der Waals surface area contributed by atoms with E-state index in [1.54, 1.807) is 13.8 Å². The molecule has 1 amide bonds. The number of aliphatic hydroxyl groups is 1. The largest absolute Gasteiger partial charge is 0.383 e. The molecule has 3 rings (SSSR count). The molecule has 2 aromatic rings. The topological polar surface area (TPSA) is 77.9 Å². The van der Waals surface area contributed by atoms with Crippen LogP contribution in [0.25, 0.3) is 0 Å². The molecule has 0 bridgehead atoms. The monoisotopic (exact) mass is 486 g/mol. The molecule has 174 valence electrons. The van der Waals surface area contributed by atoms with E-state index in [0.29, 0.717) is 24.4 Å². The molecular weight excluding hydrogens is 462 g/mol. The van der Waals surface area contributed by atoms with Crippen LogP contribution in [0.15, 0.2) is 47.4 Å². The number of benzene rings is 2. The number of carbonyl (C=O) groups excluding carboxylic acids is 1. The SMILES string of the molecule is CC(C)C(O)C(=O)N1CCCC(N(c2cc(F)ccc2F)S(=O)(=O)c2ccc(Cl)cc2)C1. The van der Waals surface area contributed by atoms with E-state index in [1.807, 2.05) is 0 Å². The Hall–Kier alpha value is -2.23. The summed E-state index contributed by atoms with van der Waals surface area (Å²) in [6, 6.07) is 7.10. The third-order valence-corrected chi connectivity index (χ3v) is 7.57. The van der Waals surface area contributed by atoms with Crippen molar-refractivity contribution >= 4 is 33.2 Å². The van der Waals surface area contributed by atoms with E-state index in [9.17, 15) is 27.1 Å². The number of nitrogens with zero attached hydrogens (tertiary/aromatic N) is 2. The molecule has 32 heavy (non-hydrogen) atoms. The van der Waals surface area contributed by atoms with Crippen LogP contribution in [0.1, 0.15) is 26.7 Å². The van der Waals surface area contributed by atoms with Crippen molar-refractivity contribution in [3.8, 4) is 0 Å². The van der Waals surface area contributed by atoms with Crippen molar-refractivity contribution in [1.29, 1.82) is 0 Å². The number of anilines is 1. The summed E-state index contributed by atoms with van der Waals surface area (Å²) < 4.78 is 56.8. The molecule has 6 nitrogen and oxygen atoms in total. The first-order valence-corrected chi connectivity index (χ1v) is 12.1. The summed E-state index contributed by atoms with van der Waals surface area (Å²) in [6.45, 7) is 3.66. The van der Waals surface area contributed by atoms with Crippen molar-refractivity contribution in [2.45, 2.75) is 43.7 Å². The van der Waals surface area contributed by atoms with Crippen LogP contribution < -0.4 is 4.31 Å². The van der Waals surface area contributed by atoms with E-state index in [2.05, 4.69) is 0 Å². The first-order valence-electron chi connectivity index (χ1n) is 10.2. The number of hydrogen-bond acceptors (Lipinski definition) is 4. The van der Waals surface area contributed by atoms with Crippen molar-refractivity contribution in [3.05, 3.63) is 59.1 Å². The number of piperidine rings is 1. The summed E-state index contributed by atoms with van der Waals surface area (Å²) in [5, 5.41) is 10.5. The highest BCUT2D eigenvalue weighted by Gasteiger charge is 2.38. The van der Waals surface area contributed by atoms with Crippen molar-refractivity contribution in [1.82, 2.24) is 4.90 Å². The number of carbonyl (C=O) groups is 1. The van der Waals surface area contributed by atoms with Gasteiger partial charge in [0.15, 0.2) is 0 Å². The van der Waals surface area contributed by atoms with Gasteiger partial charge in [-0.3, -0.25) is 9.10 Å².